The topological polar surface area (TPSA) is 35.5 Å². The molecule has 0 aromatic heterocycles. The van der Waals surface area contributed by atoms with Gasteiger partial charge in [0, 0.05) is 6.42 Å². The van der Waals surface area contributed by atoms with Crippen molar-refractivity contribution in [1.29, 1.82) is 0 Å². The van der Waals surface area contributed by atoms with E-state index in [1.807, 2.05) is 26.0 Å². The second-order valence-electron chi connectivity index (χ2n) is 4.35. The molecule has 0 saturated carbocycles. The molecule has 1 aliphatic heterocycles. The minimum Gasteiger partial charge on any atom is -0.497 e. The van der Waals surface area contributed by atoms with Crippen LogP contribution in [0.2, 0.25) is 0 Å². The molecular formula is C12H14O3. The first-order valence-electron chi connectivity index (χ1n) is 4.92. The van der Waals surface area contributed by atoms with Gasteiger partial charge in [-0.05, 0) is 31.5 Å². The molecule has 1 aliphatic rings. The molecule has 0 bridgehead atoms. The fourth-order valence-corrected chi connectivity index (χ4v) is 1.83. The summed E-state index contributed by atoms with van der Waals surface area (Å²) in [6.07, 6.45) is 0.748. The van der Waals surface area contributed by atoms with Gasteiger partial charge >= 0.3 is 5.97 Å². The summed E-state index contributed by atoms with van der Waals surface area (Å²) in [7, 11) is 1.58. The molecular weight excluding hydrogens is 192 g/mol. The van der Waals surface area contributed by atoms with E-state index < -0.39 is 5.60 Å². The van der Waals surface area contributed by atoms with E-state index in [2.05, 4.69) is 0 Å². The van der Waals surface area contributed by atoms with Gasteiger partial charge in [-0.3, -0.25) is 0 Å². The molecule has 2 rings (SSSR count). The summed E-state index contributed by atoms with van der Waals surface area (Å²) in [5, 5.41) is 0. The lowest BCUT2D eigenvalue weighted by atomic mass is 9.91. The first kappa shape index (κ1) is 10.0. The Morgan fingerprint density at radius 2 is 2.13 bits per heavy atom. The van der Waals surface area contributed by atoms with Gasteiger partial charge in [-0.25, -0.2) is 4.79 Å². The Bertz CT molecular complexity index is 407. The Morgan fingerprint density at radius 3 is 2.80 bits per heavy atom. The predicted octanol–water partition coefficient (Wildman–Crippen LogP) is 2.19. The minimum atomic E-state index is -0.404. The summed E-state index contributed by atoms with van der Waals surface area (Å²) in [4.78, 5) is 11.7. The standard InChI is InChI=1S/C12H14O3/c1-12(2)7-8-4-5-9(14-3)6-10(8)11(13)15-12/h4-6H,7H2,1-3H3. The molecule has 80 valence electrons. The molecule has 1 heterocycles. The number of carbonyl (C=O) groups is 1. The SMILES string of the molecule is COc1ccc2c(c1)C(=O)OC(C)(C)C2. The third-order valence-corrected chi connectivity index (χ3v) is 2.52. The van der Waals surface area contributed by atoms with Crippen molar-refractivity contribution in [2.45, 2.75) is 25.9 Å². The number of hydrogen-bond donors (Lipinski definition) is 0. The Hall–Kier alpha value is -1.51. The maximum atomic E-state index is 11.7. The molecule has 0 atom stereocenters. The van der Waals surface area contributed by atoms with Crippen LogP contribution < -0.4 is 4.74 Å². The fraction of sp³-hybridized carbons (Fsp3) is 0.417. The molecule has 3 heteroatoms. The zero-order valence-corrected chi connectivity index (χ0v) is 9.16. The first-order valence-corrected chi connectivity index (χ1v) is 4.92. The Labute approximate surface area is 89.0 Å². The van der Waals surface area contributed by atoms with Gasteiger partial charge in [-0.2, -0.15) is 0 Å². The smallest absolute Gasteiger partial charge is 0.339 e. The van der Waals surface area contributed by atoms with Crippen LogP contribution in [0.5, 0.6) is 5.75 Å². The molecule has 1 aromatic rings. The highest BCUT2D eigenvalue weighted by atomic mass is 16.6. The van der Waals surface area contributed by atoms with Crippen LogP contribution in [0.3, 0.4) is 0 Å². The van der Waals surface area contributed by atoms with Crippen molar-refractivity contribution in [1.82, 2.24) is 0 Å². The minimum absolute atomic E-state index is 0.264. The molecule has 3 nitrogen and oxygen atoms in total. The molecule has 0 fully saturated rings. The van der Waals surface area contributed by atoms with Gasteiger partial charge in [0.15, 0.2) is 0 Å². The van der Waals surface area contributed by atoms with Gasteiger partial charge in [-0.15, -0.1) is 0 Å². The Kier molecular flexibility index (Phi) is 2.18. The van der Waals surface area contributed by atoms with E-state index in [-0.39, 0.29) is 5.97 Å². The number of benzene rings is 1. The average molecular weight is 206 g/mol. The Balaban J connectivity index is 2.46. The van der Waals surface area contributed by atoms with E-state index in [1.165, 1.54) is 0 Å². The molecule has 0 spiro atoms. The fourth-order valence-electron chi connectivity index (χ4n) is 1.83. The summed E-state index contributed by atoms with van der Waals surface area (Å²) >= 11 is 0. The number of esters is 1. The van der Waals surface area contributed by atoms with Gasteiger partial charge in [0.25, 0.3) is 0 Å². The van der Waals surface area contributed by atoms with E-state index in [0.717, 1.165) is 12.0 Å². The van der Waals surface area contributed by atoms with Crippen LogP contribution in [-0.2, 0) is 11.2 Å². The van der Waals surface area contributed by atoms with Gasteiger partial charge in [0.05, 0.1) is 12.7 Å². The quantitative estimate of drug-likeness (QED) is 0.661. The average Bonchev–Trinajstić information content (AvgIpc) is 2.15. The van der Waals surface area contributed by atoms with Crippen LogP contribution in [0.15, 0.2) is 18.2 Å². The Morgan fingerprint density at radius 1 is 1.40 bits per heavy atom. The molecule has 15 heavy (non-hydrogen) atoms. The number of methoxy groups -OCH3 is 1. The zero-order valence-electron chi connectivity index (χ0n) is 9.16. The number of cyclic esters (lactones) is 1. The van der Waals surface area contributed by atoms with Crippen LogP contribution in [0.25, 0.3) is 0 Å². The molecule has 0 amide bonds. The maximum absolute atomic E-state index is 11.7. The van der Waals surface area contributed by atoms with Crippen LogP contribution >= 0.6 is 0 Å². The summed E-state index contributed by atoms with van der Waals surface area (Å²) in [5.41, 5.74) is 1.24. The van der Waals surface area contributed by atoms with E-state index in [0.29, 0.717) is 11.3 Å². The van der Waals surface area contributed by atoms with E-state index >= 15 is 0 Å². The lowest BCUT2D eigenvalue weighted by Crippen LogP contribution is -2.35. The van der Waals surface area contributed by atoms with Crippen molar-refractivity contribution >= 4 is 5.97 Å². The molecule has 0 saturated heterocycles. The molecule has 0 N–H and O–H groups in total. The second-order valence-corrected chi connectivity index (χ2v) is 4.35. The lowest BCUT2D eigenvalue weighted by molar-refractivity contribution is -0.00652. The van der Waals surface area contributed by atoms with Crippen molar-refractivity contribution < 1.29 is 14.3 Å². The van der Waals surface area contributed by atoms with Crippen LogP contribution in [0.4, 0.5) is 0 Å². The summed E-state index contributed by atoms with van der Waals surface area (Å²) in [5.74, 6) is 0.422. The molecule has 0 radical (unpaired) electrons. The van der Waals surface area contributed by atoms with Crippen molar-refractivity contribution in [2.24, 2.45) is 0 Å². The van der Waals surface area contributed by atoms with Gasteiger partial charge < -0.3 is 9.47 Å². The zero-order chi connectivity index (χ0) is 11.1. The second kappa shape index (κ2) is 3.26. The van der Waals surface area contributed by atoms with Crippen LogP contribution in [0, 0.1) is 0 Å². The third kappa shape index (κ3) is 1.82. The van der Waals surface area contributed by atoms with Crippen LogP contribution in [-0.4, -0.2) is 18.7 Å². The third-order valence-electron chi connectivity index (χ3n) is 2.52. The largest absolute Gasteiger partial charge is 0.497 e. The van der Waals surface area contributed by atoms with Gasteiger partial charge in [0.1, 0.15) is 11.4 Å². The molecule has 0 aliphatic carbocycles. The van der Waals surface area contributed by atoms with Crippen molar-refractivity contribution in [3.05, 3.63) is 29.3 Å². The van der Waals surface area contributed by atoms with Gasteiger partial charge in [-0.1, -0.05) is 6.07 Å². The number of carbonyl (C=O) groups excluding carboxylic acids is 1. The van der Waals surface area contributed by atoms with E-state index in [1.54, 1.807) is 13.2 Å². The summed E-state index contributed by atoms with van der Waals surface area (Å²) in [6.45, 7) is 3.83. The molecule has 0 unspecified atom stereocenters. The van der Waals surface area contributed by atoms with Crippen molar-refractivity contribution in [3.8, 4) is 5.75 Å². The number of hydrogen-bond acceptors (Lipinski definition) is 3. The lowest BCUT2D eigenvalue weighted by Gasteiger charge is -2.31. The predicted molar refractivity (Wildman–Crippen MR) is 56.2 cm³/mol. The van der Waals surface area contributed by atoms with E-state index in [4.69, 9.17) is 9.47 Å². The van der Waals surface area contributed by atoms with Crippen molar-refractivity contribution in [3.63, 3.8) is 0 Å². The highest BCUT2D eigenvalue weighted by Crippen LogP contribution is 2.29. The van der Waals surface area contributed by atoms with Crippen LogP contribution in [0.1, 0.15) is 29.8 Å². The summed E-state index contributed by atoms with van der Waals surface area (Å²) in [6, 6.07) is 5.52. The van der Waals surface area contributed by atoms with Gasteiger partial charge in [0.2, 0.25) is 0 Å². The first-order chi connectivity index (χ1) is 7.02. The highest BCUT2D eigenvalue weighted by molar-refractivity contribution is 5.93. The molecule has 1 aromatic carbocycles. The van der Waals surface area contributed by atoms with Crippen molar-refractivity contribution in [2.75, 3.05) is 7.11 Å². The number of fused-ring (bicyclic) bond motifs is 1. The number of rotatable bonds is 1. The normalized spacial score (nSPS) is 17.9. The highest BCUT2D eigenvalue weighted by Gasteiger charge is 2.32. The maximum Gasteiger partial charge on any atom is 0.339 e. The van der Waals surface area contributed by atoms with E-state index in [9.17, 15) is 4.79 Å². The number of ether oxygens (including phenoxy) is 2. The monoisotopic (exact) mass is 206 g/mol. The summed E-state index contributed by atoms with van der Waals surface area (Å²) < 4.78 is 10.4.